The van der Waals surface area contributed by atoms with Gasteiger partial charge in [0.1, 0.15) is 5.82 Å². The Morgan fingerprint density at radius 2 is 1.87 bits per heavy atom. The minimum absolute atomic E-state index is 0.0211. The molecule has 30 heavy (non-hydrogen) atoms. The molecule has 2 aromatic carbocycles. The van der Waals surface area contributed by atoms with Gasteiger partial charge in [0.2, 0.25) is 0 Å². The Kier molecular flexibility index (Phi) is 5.21. The molecule has 0 saturated carbocycles. The van der Waals surface area contributed by atoms with Gasteiger partial charge in [-0.3, -0.25) is 4.79 Å². The number of ketones is 1. The Labute approximate surface area is 173 Å². The molecular weight excluding hydrogens is 407 g/mol. The number of aromatic nitrogens is 2. The van der Waals surface area contributed by atoms with Crippen molar-refractivity contribution in [3.05, 3.63) is 76.7 Å². The lowest BCUT2D eigenvalue weighted by atomic mass is 10.1. The lowest BCUT2D eigenvalue weighted by molar-refractivity contribution is 0.101. The van der Waals surface area contributed by atoms with Gasteiger partial charge in [0, 0.05) is 25.2 Å². The minimum atomic E-state index is -3.08. The zero-order valence-electron chi connectivity index (χ0n) is 16.1. The van der Waals surface area contributed by atoms with E-state index in [2.05, 4.69) is 20.8 Å². The Hall–Kier alpha value is -3.33. The zero-order chi connectivity index (χ0) is 21.3. The maximum absolute atomic E-state index is 13.4. The fourth-order valence-corrected chi connectivity index (χ4v) is 4.94. The van der Waals surface area contributed by atoms with E-state index in [0.717, 1.165) is 16.7 Å². The predicted molar refractivity (Wildman–Crippen MR) is 112 cm³/mol. The van der Waals surface area contributed by atoms with Crippen molar-refractivity contribution in [1.29, 1.82) is 0 Å². The van der Waals surface area contributed by atoms with Crippen molar-refractivity contribution in [2.45, 2.75) is 25.0 Å². The molecule has 154 valence electrons. The summed E-state index contributed by atoms with van der Waals surface area (Å²) in [5.74, 6) is -0.118. The number of sulfone groups is 1. The first kappa shape index (κ1) is 20.0. The standard InChI is InChI=1S/C21H19FN4O3S/c1-13(27)21-19(23-10-14-3-2-4-17(22)7-14)9-20(25-26-21)24-18-6-5-15-11-30(28,29)12-16(15)8-18/h2-9H,10-12H2,1H3,(H2,23,24,25). The number of carbonyl (C=O) groups excluding carboxylic acids is 1. The number of carbonyl (C=O) groups is 1. The summed E-state index contributed by atoms with van der Waals surface area (Å²) in [6, 6.07) is 13.1. The van der Waals surface area contributed by atoms with Crippen molar-refractivity contribution in [2.75, 3.05) is 10.6 Å². The summed E-state index contributed by atoms with van der Waals surface area (Å²) in [6.07, 6.45) is 0. The highest BCUT2D eigenvalue weighted by Crippen LogP contribution is 2.29. The molecule has 0 fully saturated rings. The monoisotopic (exact) mass is 426 g/mol. The average Bonchev–Trinajstić information content (AvgIpc) is 2.99. The number of rotatable bonds is 6. The zero-order valence-corrected chi connectivity index (χ0v) is 17.0. The van der Waals surface area contributed by atoms with E-state index in [9.17, 15) is 17.6 Å². The maximum Gasteiger partial charge on any atom is 0.182 e. The third-order valence-electron chi connectivity index (χ3n) is 4.73. The van der Waals surface area contributed by atoms with Crippen LogP contribution < -0.4 is 10.6 Å². The van der Waals surface area contributed by atoms with Crippen LogP contribution in [0.25, 0.3) is 0 Å². The molecule has 1 aliphatic heterocycles. The topological polar surface area (TPSA) is 101 Å². The molecule has 1 aliphatic rings. The van der Waals surface area contributed by atoms with E-state index in [0.29, 0.717) is 23.7 Å². The van der Waals surface area contributed by atoms with Gasteiger partial charge in [-0.05, 0) is 41.0 Å². The van der Waals surface area contributed by atoms with Gasteiger partial charge in [0.15, 0.2) is 27.1 Å². The normalized spacial score (nSPS) is 14.2. The Morgan fingerprint density at radius 3 is 2.63 bits per heavy atom. The molecule has 0 amide bonds. The summed E-state index contributed by atoms with van der Waals surface area (Å²) in [5.41, 5.74) is 3.60. The second-order valence-electron chi connectivity index (χ2n) is 7.17. The molecule has 0 unspecified atom stereocenters. The number of fused-ring (bicyclic) bond motifs is 1. The first-order valence-corrected chi connectivity index (χ1v) is 11.1. The Bertz CT molecular complexity index is 1240. The fourth-order valence-electron chi connectivity index (χ4n) is 3.34. The van der Waals surface area contributed by atoms with E-state index >= 15 is 0 Å². The van der Waals surface area contributed by atoms with E-state index in [1.165, 1.54) is 19.1 Å². The maximum atomic E-state index is 13.4. The van der Waals surface area contributed by atoms with Crippen LogP contribution in [-0.4, -0.2) is 24.4 Å². The first-order chi connectivity index (χ1) is 14.3. The summed E-state index contributed by atoms with van der Waals surface area (Å²) >= 11 is 0. The molecule has 0 radical (unpaired) electrons. The van der Waals surface area contributed by atoms with Crippen LogP contribution in [0.15, 0.2) is 48.5 Å². The van der Waals surface area contributed by atoms with Crippen LogP contribution >= 0.6 is 0 Å². The molecule has 1 aromatic heterocycles. The predicted octanol–water partition coefficient (Wildman–Crippen LogP) is 3.60. The SMILES string of the molecule is CC(=O)c1nnc(Nc2ccc3c(c2)CS(=O)(=O)C3)cc1NCc1cccc(F)c1. The largest absolute Gasteiger partial charge is 0.379 e. The molecule has 3 aromatic rings. The van der Waals surface area contributed by atoms with Crippen molar-refractivity contribution in [2.24, 2.45) is 0 Å². The number of benzene rings is 2. The summed E-state index contributed by atoms with van der Waals surface area (Å²) < 4.78 is 37.0. The van der Waals surface area contributed by atoms with Gasteiger partial charge in [-0.2, -0.15) is 0 Å². The van der Waals surface area contributed by atoms with Crippen LogP contribution in [0.4, 0.5) is 21.6 Å². The minimum Gasteiger partial charge on any atom is -0.379 e. The van der Waals surface area contributed by atoms with Gasteiger partial charge in [0.25, 0.3) is 0 Å². The van der Waals surface area contributed by atoms with E-state index in [1.54, 1.807) is 36.4 Å². The van der Waals surface area contributed by atoms with Crippen molar-refractivity contribution in [3.8, 4) is 0 Å². The number of nitrogens with one attached hydrogen (secondary N) is 2. The van der Waals surface area contributed by atoms with Crippen molar-refractivity contribution in [1.82, 2.24) is 10.2 Å². The molecule has 9 heteroatoms. The molecule has 0 spiro atoms. The first-order valence-electron chi connectivity index (χ1n) is 9.25. The van der Waals surface area contributed by atoms with Gasteiger partial charge in [-0.1, -0.05) is 18.2 Å². The van der Waals surface area contributed by atoms with Gasteiger partial charge in [-0.15, -0.1) is 10.2 Å². The van der Waals surface area contributed by atoms with Crippen molar-refractivity contribution >= 4 is 32.8 Å². The second kappa shape index (κ2) is 7.83. The molecule has 0 atom stereocenters. The van der Waals surface area contributed by atoms with Crippen LogP contribution in [-0.2, 0) is 27.9 Å². The van der Waals surface area contributed by atoms with E-state index < -0.39 is 9.84 Å². The lowest BCUT2D eigenvalue weighted by Gasteiger charge is -2.12. The highest BCUT2D eigenvalue weighted by Gasteiger charge is 2.24. The Balaban J connectivity index is 1.56. The van der Waals surface area contributed by atoms with Crippen LogP contribution in [0.3, 0.4) is 0 Å². The molecule has 0 bridgehead atoms. The molecular formula is C21H19FN4O3S. The number of anilines is 3. The molecule has 7 nitrogen and oxygen atoms in total. The highest BCUT2D eigenvalue weighted by atomic mass is 32.2. The van der Waals surface area contributed by atoms with Crippen LogP contribution in [0.2, 0.25) is 0 Å². The van der Waals surface area contributed by atoms with E-state index in [1.807, 2.05) is 0 Å². The second-order valence-corrected chi connectivity index (χ2v) is 9.24. The third-order valence-corrected chi connectivity index (χ3v) is 6.23. The highest BCUT2D eigenvalue weighted by molar-refractivity contribution is 7.90. The van der Waals surface area contributed by atoms with Gasteiger partial charge in [0.05, 0.1) is 17.2 Å². The number of hydrogen-bond acceptors (Lipinski definition) is 7. The quantitative estimate of drug-likeness (QED) is 0.581. The smallest absolute Gasteiger partial charge is 0.182 e. The van der Waals surface area contributed by atoms with Crippen LogP contribution in [0.5, 0.6) is 0 Å². The molecule has 2 heterocycles. The van der Waals surface area contributed by atoms with E-state index in [-0.39, 0.29) is 28.8 Å². The lowest BCUT2D eigenvalue weighted by Crippen LogP contribution is -2.10. The van der Waals surface area contributed by atoms with Gasteiger partial charge < -0.3 is 10.6 Å². The molecule has 0 aliphatic carbocycles. The molecule has 0 saturated heterocycles. The summed E-state index contributed by atoms with van der Waals surface area (Å²) in [4.78, 5) is 11.9. The molecule has 4 rings (SSSR count). The van der Waals surface area contributed by atoms with Gasteiger partial charge in [-0.25, -0.2) is 12.8 Å². The summed E-state index contributed by atoms with van der Waals surface area (Å²) in [6.45, 7) is 1.70. The van der Waals surface area contributed by atoms with Crippen molar-refractivity contribution < 1.29 is 17.6 Å². The number of hydrogen-bond donors (Lipinski definition) is 2. The number of Topliss-reactive ketones (excluding diaryl/α,β-unsaturated/α-hetero) is 1. The van der Waals surface area contributed by atoms with Crippen LogP contribution in [0, 0.1) is 5.82 Å². The summed E-state index contributed by atoms with van der Waals surface area (Å²) in [7, 11) is -3.08. The average molecular weight is 426 g/mol. The molecule has 2 N–H and O–H groups in total. The van der Waals surface area contributed by atoms with Crippen LogP contribution in [0.1, 0.15) is 34.1 Å². The fraction of sp³-hybridized carbons (Fsp3) is 0.190. The van der Waals surface area contributed by atoms with Gasteiger partial charge >= 0.3 is 0 Å². The Morgan fingerprint density at radius 1 is 1.07 bits per heavy atom. The number of nitrogens with zero attached hydrogens (tertiary/aromatic N) is 2. The third kappa shape index (κ3) is 4.46. The number of halogens is 1. The summed E-state index contributed by atoms with van der Waals surface area (Å²) in [5, 5.41) is 14.3. The van der Waals surface area contributed by atoms with E-state index in [4.69, 9.17) is 0 Å². The van der Waals surface area contributed by atoms with Crippen molar-refractivity contribution in [3.63, 3.8) is 0 Å².